The van der Waals surface area contributed by atoms with Crippen LogP contribution in [0, 0.1) is 5.92 Å². The van der Waals surface area contributed by atoms with Crippen molar-refractivity contribution in [3.8, 4) is 0 Å². The minimum Gasteiger partial charge on any atom is -0.480 e. The monoisotopic (exact) mass is 256 g/mol. The molecule has 6 heteroatoms. The van der Waals surface area contributed by atoms with Gasteiger partial charge in [0.1, 0.15) is 5.54 Å². The highest BCUT2D eigenvalue weighted by Gasteiger charge is 2.43. The molecule has 102 valence electrons. The summed E-state index contributed by atoms with van der Waals surface area (Å²) in [5.41, 5.74) is -1.17. The Balaban J connectivity index is 1.88. The van der Waals surface area contributed by atoms with E-state index < -0.39 is 11.5 Å². The number of carboxylic acid groups (broad SMARTS) is 1. The Labute approximate surface area is 106 Å². The van der Waals surface area contributed by atoms with Gasteiger partial charge in [0.05, 0.1) is 0 Å². The van der Waals surface area contributed by atoms with Crippen LogP contribution in [0.3, 0.4) is 0 Å². The number of carboxylic acids is 1. The molecule has 2 atom stereocenters. The highest BCUT2D eigenvalue weighted by atomic mass is 16.5. The fourth-order valence-corrected chi connectivity index (χ4v) is 2.41. The molecule has 1 aliphatic heterocycles. The number of nitrogens with one attached hydrogen (secondary N) is 2. The van der Waals surface area contributed by atoms with Crippen LogP contribution in [0.2, 0.25) is 0 Å². The molecule has 0 aromatic heterocycles. The Morgan fingerprint density at radius 2 is 2.06 bits per heavy atom. The van der Waals surface area contributed by atoms with E-state index in [1.54, 1.807) is 0 Å². The molecule has 0 radical (unpaired) electrons. The zero-order valence-corrected chi connectivity index (χ0v) is 10.6. The van der Waals surface area contributed by atoms with Gasteiger partial charge in [0.25, 0.3) is 0 Å². The largest absolute Gasteiger partial charge is 0.480 e. The normalized spacial score (nSPS) is 29.4. The van der Waals surface area contributed by atoms with Gasteiger partial charge in [0.15, 0.2) is 0 Å². The van der Waals surface area contributed by atoms with Crippen molar-refractivity contribution < 1.29 is 19.4 Å². The van der Waals surface area contributed by atoms with Crippen LogP contribution in [0.25, 0.3) is 0 Å². The maximum Gasteiger partial charge on any atom is 0.329 e. The van der Waals surface area contributed by atoms with E-state index in [2.05, 4.69) is 17.6 Å². The summed E-state index contributed by atoms with van der Waals surface area (Å²) in [6, 6.07) is -0.166. The smallest absolute Gasteiger partial charge is 0.329 e. The first-order valence-electron chi connectivity index (χ1n) is 6.47. The van der Waals surface area contributed by atoms with E-state index in [9.17, 15) is 14.7 Å². The molecule has 2 rings (SSSR count). The third-order valence-corrected chi connectivity index (χ3v) is 3.87. The molecule has 3 N–H and O–H groups in total. The van der Waals surface area contributed by atoms with Gasteiger partial charge in [-0.1, -0.05) is 13.3 Å². The molecule has 0 aromatic rings. The lowest BCUT2D eigenvalue weighted by atomic mass is 9.90. The van der Waals surface area contributed by atoms with E-state index in [0.717, 1.165) is 12.8 Å². The molecule has 2 unspecified atom stereocenters. The number of rotatable bonds is 4. The molecule has 0 spiro atoms. The van der Waals surface area contributed by atoms with Crippen molar-refractivity contribution >= 4 is 12.0 Å². The summed E-state index contributed by atoms with van der Waals surface area (Å²) in [7, 11) is 0. The lowest BCUT2D eigenvalue weighted by molar-refractivity contribution is -0.148. The van der Waals surface area contributed by atoms with E-state index >= 15 is 0 Å². The summed E-state index contributed by atoms with van der Waals surface area (Å²) in [5.74, 6) is -0.435. The number of ether oxygens (including phenoxy) is 1. The summed E-state index contributed by atoms with van der Waals surface area (Å²) in [6.07, 6.45) is 2.67. The molecule has 1 heterocycles. The molecule has 1 aliphatic carbocycles. The van der Waals surface area contributed by atoms with Crippen LogP contribution >= 0.6 is 0 Å². The fraction of sp³-hybridized carbons (Fsp3) is 0.833. The SMILES string of the molecule is CCC1CC1NC(=O)NC1(C(=O)O)CCOCC1. The first-order chi connectivity index (χ1) is 8.57. The topological polar surface area (TPSA) is 87.7 Å². The predicted octanol–water partition coefficient (Wildman–Crippen LogP) is 0.718. The van der Waals surface area contributed by atoms with Crippen LogP contribution in [0.4, 0.5) is 4.79 Å². The predicted molar refractivity (Wildman–Crippen MR) is 64.3 cm³/mol. The minimum absolute atomic E-state index is 0.209. The zero-order chi connectivity index (χ0) is 13.2. The summed E-state index contributed by atoms with van der Waals surface area (Å²) in [4.78, 5) is 23.1. The Bertz CT molecular complexity index is 339. The van der Waals surface area contributed by atoms with E-state index in [1.165, 1.54) is 0 Å². The second-order valence-electron chi connectivity index (χ2n) is 5.11. The number of amides is 2. The summed E-state index contributed by atoms with van der Waals surface area (Å²) >= 11 is 0. The molecule has 2 amide bonds. The molecule has 2 fully saturated rings. The first-order valence-corrected chi connectivity index (χ1v) is 6.47. The van der Waals surface area contributed by atoms with Gasteiger partial charge in [0, 0.05) is 32.1 Å². The Morgan fingerprint density at radius 1 is 1.39 bits per heavy atom. The zero-order valence-electron chi connectivity index (χ0n) is 10.6. The van der Waals surface area contributed by atoms with Crippen LogP contribution in [0.1, 0.15) is 32.6 Å². The molecule has 0 aromatic carbocycles. The number of carbonyl (C=O) groups excluding carboxylic acids is 1. The average Bonchev–Trinajstić information content (AvgIpc) is 3.08. The molecule has 2 aliphatic rings. The number of hydrogen-bond donors (Lipinski definition) is 3. The minimum atomic E-state index is -1.17. The quantitative estimate of drug-likeness (QED) is 0.691. The maximum absolute atomic E-state index is 11.8. The second-order valence-corrected chi connectivity index (χ2v) is 5.11. The van der Waals surface area contributed by atoms with Gasteiger partial charge in [-0.05, 0) is 12.3 Å². The first kappa shape index (κ1) is 13.1. The molecule has 6 nitrogen and oxygen atoms in total. The third kappa shape index (κ3) is 2.75. The molecule has 1 saturated carbocycles. The number of hydrogen-bond acceptors (Lipinski definition) is 3. The summed E-state index contributed by atoms with van der Waals surface area (Å²) in [6.45, 7) is 2.82. The van der Waals surface area contributed by atoms with E-state index in [-0.39, 0.29) is 12.1 Å². The van der Waals surface area contributed by atoms with Crippen molar-refractivity contribution in [1.82, 2.24) is 10.6 Å². The van der Waals surface area contributed by atoms with E-state index in [1.807, 2.05) is 0 Å². The van der Waals surface area contributed by atoms with Gasteiger partial charge in [-0.3, -0.25) is 0 Å². The molecule has 18 heavy (non-hydrogen) atoms. The van der Waals surface area contributed by atoms with Gasteiger partial charge in [0.2, 0.25) is 0 Å². The van der Waals surface area contributed by atoms with Crippen LogP contribution in [0.15, 0.2) is 0 Å². The number of aliphatic carboxylic acids is 1. The average molecular weight is 256 g/mol. The standard InChI is InChI=1S/C12H20N2O4/c1-2-8-7-9(8)13-11(17)14-12(10(15)16)3-5-18-6-4-12/h8-9H,2-7H2,1H3,(H,15,16)(H2,13,14,17). The van der Waals surface area contributed by atoms with E-state index in [0.29, 0.717) is 32.0 Å². The van der Waals surface area contributed by atoms with Crippen molar-refractivity contribution in [1.29, 1.82) is 0 Å². The van der Waals surface area contributed by atoms with Gasteiger partial charge in [-0.25, -0.2) is 9.59 Å². The number of carbonyl (C=O) groups is 2. The fourth-order valence-electron chi connectivity index (χ4n) is 2.41. The van der Waals surface area contributed by atoms with E-state index in [4.69, 9.17) is 4.74 Å². The Kier molecular flexibility index (Phi) is 3.75. The summed E-state index contributed by atoms with van der Waals surface area (Å²) in [5, 5.41) is 14.7. The van der Waals surface area contributed by atoms with Crippen molar-refractivity contribution in [3.63, 3.8) is 0 Å². The Morgan fingerprint density at radius 3 is 2.56 bits per heavy atom. The van der Waals surface area contributed by atoms with Gasteiger partial charge < -0.3 is 20.5 Å². The molecule has 0 bridgehead atoms. The molecular weight excluding hydrogens is 236 g/mol. The third-order valence-electron chi connectivity index (χ3n) is 3.87. The van der Waals surface area contributed by atoms with Crippen LogP contribution in [-0.2, 0) is 9.53 Å². The lowest BCUT2D eigenvalue weighted by Gasteiger charge is -2.33. The van der Waals surface area contributed by atoms with Gasteiger partial charge >= 0.3 is 12.0 Å². The van der Waals surface area contributed by atoms with Crippen LogP contribution in [-0.4, -0.2) is 41.9 Å². The summed E-state index contributed by atoms with van der Waals surface area (Å²) < 4.78 is 5.15. The van der Waals surface area contributed by atoms with Crippen LogP contribution < -0.4 is 10.6 Å². The van der Waals surface area contributed by atoms with Crippen molar-refractivity contribution in [2.24, 2.45) is 5.92 Å². The van der Waals surface area contributed by atoms with Gasteiger partial charge in [-0.2, -0.15) is 0 Å². The number of urea groups is 1. The van der Waals surface area contributed by atoms with Crippen LogP contribution in [0.5, 0.6) is 0 Å². The molecule has 1 saturated heterocycles. The van der Waals surface area contributed by atoms with Crippen molar-refractivity contribution in [3.05, 3.63) is 0 Å². The second kappa shape index (κ2) is 5.14. The lowest BCUT2D eigenvalue weighted by Crippen LogP contribution is -2.60. The van der Waals surface area contributed by atoms with Crippen molar-refractivity contribution in [2.75, 3.05) is 13.2 Å². The highest BCUT2D eigenvalue weighted by Crippen LogP contribution is 2.33. The maximum atomic E-state index is 11.8. The Hall–Kier alpha value is -1.30. The van der Waals surface area contributed by atoms with Gasteiger partial charge in [-0.15, -0.1) is 0 Å². The van der Waals surface area contributed by atoms with Crippen molar-refractivity contribution in [2.45, 2.75) is 44.2 Å². The molecular formula is C12H20N2O4. The highest BCUT2D eigenvalue weighted by molar-refractivity contribution is 5.86.